The van der Waals surface area contributed by atoms with Crippen LogP contribution in [0.25, 0.3) is 5.78 Å². The van der Waals surface area contributed by atoms with Gasteiger partial charge in [0, 0.05) is 23.4 Å². The smallest absolute Gasteiger partial charge is 0.279 e. The summed E-state index contributed by atoms with van der Waals surface area (Å²) in [6, 6.07) is 5.77. The molecule has 11 heteroatoms. The van der Waals surface area contributed by atoms with E-state index in [2.05, 4.69) is 20.6 Å². The highest BCUT2D eigenvalue weighted by molar-refractivity contribution is 5.82. The summed E-state index contributed by atoms with van der Waals surface area (Å²) in [7, 11) is 0. The molecule has 0 fully saturated rings. The van der Waals surface area contributed by atoms with Crippen LogP contribution in [-0.4, -0.2) is 36.2 Å². The monoisotopic (exact) mass is 381 g/mol. The van der Waals surface area contributed by atoms with Gasteiger partial charge in [-0.15, -0.1) is 0 Å². The summed E-state index contributed by atoms with van der Waals surface area (Å²) >= 11 is 0. The summed E-state index contributed by atoms with van der Waals surface area (Å²) in [4.78, 5) is 39.0. The number of amides is 1. The van der Waals surface area contributed by atoms with E-state index in [0.717, 1.165) is 12.1 Å². The number of nitrogens with one attached hydrogen (secondary N) is 1. The number of aromatic nitrogens is 4. The Hall–Kier alpha value is -3.89. The molecule has 0 radical (unpaired) electrons. The van der Waals surface area contributed by atoms with Crippen LogP contribution in [0.2, 0.25) is 0 Å². The maximum atomic E-state index is 12.4. The van der Waals surface area contributed by atoms with E-state index in [-0.39, 0.29) is 23.7 Å². The molecule has 11 nitrogen and oxygen atoms in total. The summed E-state index contributed by atoms with van der Waals surface area (Å²) in [6.07, 6.45) is 4.88. The number of nitrogens with zero attached hydrogens (tertiary/aromatic N) is 6. The number of hydrogen-bond acceptors (Lipinski definition) is 7. The lowest BCUT2D eigenvalue weighted by atomic mass is 10.2. The zero-order chi connectivity index (χ0) is 19.7. The number of carbonyl (C=O) groups is 1. The van der Waals surface area contributed by atoms with Crippen molar-refractivity contribution in [2.75, 3.05) is 0 Å². The van der Waals surface area contributed by atoms with Crippen LogP contribution >= 0.6 is 0 Å². The molecule has 1 amide bonds. The molecule has 1 aliphatic rings. The van der Waals surface area contributed by atoms with Crippen LogP contribution in [-0.2, 0) is 24.2 Å². The fraction of sp³-hybridized carbons (Fsp3) is 0.235. The van der Waals surface area contributed by atoms with Crippen LogP contribution in [0.5, 0.6) is 0 Å². The van der Waals surface area contributed by atoms with Crippen molar-refractivity contribution >= 4 is 23.6 Å². The third-order valence-electron chi connectivity index (χ3n) is 4.54. The summed E-state index contributed by atoms with van der Waals surface area (Å²) in [5.74, 6) is -0.0686. The van der Waals surface area contributed by atoms with E-state index in [1.54, 1.807) is 4.57 Å². The molecule has 0 saturated carbocycles. The van der Waals surface area contributed by atoms with Gasteiger partial charge in [0.25, 0.3) is 17.2 Å². The van der Waals surface area contributed by atoms with Gasteiger partial charge in [-0.2, -0.15) is 19.7 Å². The van der Waals surface area contributed by atoms with Gasteiger partial charge in [0.15, 0.2) is 0 Å². The molecule has 1 aromatic carbocycles. The molecule has 0 bridgehead atoms. The number of rotatable bonds is 5. The van der Waals surface area contributed by atoms with Crippen molar-refractivity contribution in [3.8, 4) is 0 Å². The van der Waals surface area contributed by atoms with Crippen LogP contribution in [0.1, 0.15) is 23.2 Å². The second kappa shape index (κ2) is 7.02. The lowest BCUT2D eigenvalue weighted by Crippen LogP contribution is -2.30. The van der Waals surface area contributed by atoms with Gasteiger partial charge in [-0.05, 0) is 37.0 Å². The number of carbonyl (C=O) groups excluding carboxylic acids is 1. The van der Waals surface area contributed by atoms with Gasteiger partial charge in [0.1, 0.15) is 12.9 Å². The molecular weight excluding hydrogens is 366 g/mol. The van der Waals surface area contributed by atoms with Crippen LogP contribution in [0, 0.1) is 10.1 Å². The van der Waals surface area contributed by atoms with E-state index in [9.17, 15) is 19.7 Å². The Morgan fingerprint density at radius 2 is 2.11 bits per heavy atom. The summed E-state index contributed by atoms with van der Waals surface area (Å²) < 4.78 is 2.89. The van der Waals surface area contributed by atoms with Crippen molar-refractivity contribution < 1.29 is 9.72 Å². The highest BCUT2D eigenvalue weighted by Crippen LogP contribution is 2.20. The van der Waals surface area contributed by atoms with E-state index in [4.69, 9.17) is 0 Å². The van der Waals surface area contributed by atoms with Gasteiger partial charge < -0.3 is 4.57 Å². The van der Waals surface area contributed by atoms with E-state index in [1.807, 2.05) is 0 Å². The number of nitro groups is 1. The van der Waals surface area contributed by atoms with Crippen molar-refractivity contribution in [1.82, 2.24) is 24.6 Å². The van der Waals surface area contributed by atoms with Gasteiger partial charge >= 0.3 is 0 Å². The molecule has 28 heavy (non-hydrogen) atoms. The SMILES string of the molecule is O=C(Cn1c2c(c(=O)n3ncnc13)CCC2)N/N=C/c1ccc([N+](=O)[O-])cc1. The topological polar surface area (TPSA) is 137 Å². The fourth-order valence-electron chi connectivity index (χ4n) is 3.27. The minimum atomic E-state index is -0.489. The average Bonchev–Trinajstić information content (AvgIpc) is 3.35. The molecule has 0 unspecified atom stereocenters. The molecule has 2 heterocycles. The average molecular weight is 381 g/mol. The Bertz CT molecular complexity index is 1160. The number of benzene rings is 1. The van der Waals surface area contributed by atoms with E-state index in [1.165, 1.54) is 41.3 Å². The summed E-state index contributed by atoms with van der Waals surface area (Å²) in [6.45, 7) is -0.0532. The van der Waals surface area contributed by atoms with Crippen molar-refractivity contribution in [2.24, 2.45) is 5.10 Å². The molecule has 0 aliphatic heterocycles. The fourth-order valence-corrected chi connectivity index (χ4v) is 3.27. The molecule has 3 aromatic rings. The predicted octanol–water partition coefficient (Wildman–Crippen LogP) is 0.438. The predicted molar refractivity (Wildman–Crippen MR) is 98.1 cm³/mol. The first-order valence-corrected chi connectivity index (χ1v) is 8.55. The first-order valence-electron chi connectivity index (χ1n) is 8.55. The van der Waals surface area contributed by atoms with Crippen molar-refractivity contribution in [3.05, 3.63) is 67.9 Å². The van der Waals surface area contributed by atoms with Gasteiger partial charge in [-0.1, -0.05) is 0 Å². The summed E-state index contributed by atoms with van der Waals surface area (Å²) in [5, 5.41) is 18.5. The minimum Gasteiger partial charge on any atom is -0.304 e. The Morgan fingerprint density at radius 1 is 1.32 bits per heavy atom. The maximum Gasteiger partial charge on any atom is 0.279 e. The van der Waals surface area contributed by atoms with E-state index in [0.29, 0.717) is 29.7 Å². The molecule has 142 valence electrons. The molecule has 0 spiro atoms. The third kappa shape index (κ3) is 3.13. The quantitative estimate of drug-likeness (QED) is 0.387. The normalized spacial score (nSPS) is 13.1. The van der Waals surface area contributed by atoms with Gasteiger partial charge in [0.05, 0.1) is 11.1 Å². The lowest BCUT2D eigenvalue weighted by Gasteiger charge is -2.12. The molecule has 0 atom stereocenters. The molecule has 1 N–H and O–H groups in total. The highest BCUT2D eigenvalue weighted by atomic mass is 16.6. The zero-order valence-electron chi connectivity index (χ0n) is 14.6. The highest BCUT2D eigenvalue weighted by Gasteiger charge is 2.23. The minimum absolute atomic E-state index is 0.0226. The first kappa shape index (κ1) is 17.5. The molecular formula is C17H15N7O4. The Balaban J connectivity index is 1.50. The molecule has 1 aliphatic carbocycles. The van der Waals surface area contributed by atoms with Crippen LogP contribution in [0.3, 0.4) is 0 Å². The Kier molecular flexibility index (Phi) is 4.39. The van der Waals surface area contributed by atoms with E-state index < -0.39 is 4.92 Å². The third-order valence-corrected chi connectivity index (χ3v) is 4.54. The lowest BCUT2D eigenvalue weighted by molar-refractivity contribution is -0.384. The second-order valence-electron chi connectivity index (χ2n) is 6.28. The van der Waals surface area contributed by atoms with Crippen LogP contribution in [0.15, 0.2) is 40.5 Å². The van der Waals surface area contributed by atoms with Crippen LogP contribution < -0.4 is 11.0 Å². The number of hydrazone groups is 1. The van der Waals surface area contributed by atoms with Crippen LogP contribution in [0.4, 0.5) is 5.69 Å². The Morgan fingerprint density at radius 3 is 2.86 bits per heavy atom. The summed E-state index contributed by atoms with van der Waals surface area (Å²) in [5.41, 5.74) is 4.29. The van der Waals surface area contributed by atoms with Crippen molar-refractivity contribution in [1.29, 1.82) is 0 Å². The molecule has 2 aromatic heterocycles. The molecule has 0 saturated heterocycles. The standard InChI is InChI=1S/C17H15N7O4/c25-15(21-19-8-11-4-6-12(7-5-11)24(27)28)9-22-14-3-1-2-13(14)16(26)23-17(22)18-10-20-23/h4-8,10H,1-3,9H2,(H,21,25)/b19-8+. The number of fused-ring (bicyclic) bond motifs is 2. The molecule has 4 rings (SSSR count). The maximum absolute atomic E-state index is 12.4. The van der Waals surface area contributed by atoms with Crippen molar-refractivity contribution in [3.63, 3.8) is 0 Å². The van der Waals surface area contributed by atoms with Crippen molar-refractivity contribution in [2.45, 2.75) is 25.8 Å². The number of hydrogen-bond donors (Lipinski definition) is 1. The van der Waals surface area contributed by atoms with Gasteiger partial charge in [-0.3, -0.25) is 19.7 Å². The van der Waals surface area contributed by atoms with E-state index >= 15 is 0 Å². The number of nitro benzene ring substituents is 1. The van der Waals surface area contributed by atoms with Gasteiger partial charge in [0.2, 0.25) is 5.78 Å². The van der Waals surface area contributed by atoms with Gasteiger partial charge in [-0.25, -0.2) is 5.43 Å². The Labute approximate surface area is 157 Å². The zero-order valence-corrected chi connectivity index (χ0v) is 14.6. The first-order chi connectivity index (χ1) is 13.5. The largest absolute Gasteiger partial charge is 0.304 e. The second-order valence-corrected chi connectivity index (χ2v) is 6.28. The number of non-ortho nitro benzene ring substituents is 1.